The third kappa shape index (κ3) is 4.80. The molecule has 29 heavy (non-hydrogen) atoms. The Kier molecular flexibility index (Phi) is 5.94. The normalized spacial score (nSPS) is 10.8. The van der Waals surface area contributed by atoms with Crippen LogP contribution in [0.2, 0.25) is 0 Å². The van der Waals surface area contributed by atoms with Gasteiger partial charge in [-0.3, -0.25) is 9.52 Å². The van der Waals surface area contributed by atoms with Crippen LogP contribution in [0.4, 0.5) is 11.4 Å². The van der Waals surface area contributed by atoms with Gasteiger partial charge in [-0.1, -0.05) is 36.4 Å². The van der Waals surface area contributed by atoms with Gasteiger partial charge in [0, 0.05) is 11.3 Å². The summed E-state index contributed by atoms with van der Waals surface area (Å²) in [5.41, 5.74) is 0.993. The van der Waals surface area contributed by atoms with E-state index in [2.05, 4.69) is 10.0 Å². The number of carbonyl (C=O) groups excluding carboxylic acids is 2. The zero-order valence-corrected chi connectivity index (χ0v) is 16.3. The molecule has 0 spiro atoms. The van der Waals surface area contributed by atoms with Gasteiger partial charge in [0.25, 0.3) is 15.9 Å². The summed E-state index contributed by atoms with van der Waals surface area (Å²) in [4.78, 5) is 24.4. The molecule has 0 saturated heterocycles. The van der Waals surface area contributed by atoms with Crippen LogP contribution >= 0.6 is 0 Å². The van der Waals surface area contributed by atoms with Crippen LogP contribution in [-0.4, -0.2) is 27.4 Å². The van der Waals surface area contributed by atoms with Gasteiger partial charge in [0.1, 0.15) is 0 Å². The molecule has 0 atom stereocenters. The monoisotopic (exact) mass is 410 g/mol. The van der Waals surface area contributed by atoms with Crippen LogP contribution in [0.15, 0.2) is 83.8 Å². The van der Waals surface area contributed by atoms with E-state index < -0.39 is 21.9 Å². The fraction of sp³-hybridized carbons (Fsp3) is 0.0476. The summed E-state index contributed by atoms with van der Waals surface area (Å²) in [6.07, 6.45) is 0. The molecule has 0 unspecified atom stereocenters. The van der Waals surface area contributed by atoms with Gasteiger partial charge >= 0.3 is 5.97 Å². The first-order chi connectivity index (χ1) is 13.9. The minimum atomic E-state index is -3.87. The highest BCUT2D eigenvalue weighted by Gasteiger charge is 2.18. The van der Waals surface area contributed by atoms with Crippen molar-refractivity contribution in [1.29, 1.82) is 0 Å². The number of hydrogen-bond donors (Lipinski definition) is 2. The molecule has 1 amide bonds. The number of esters is 1. The van der Waals surface area contributed by atoms with E-state index in [9.17, 15) is 18.0 Å². The van der Waals surface area contributed by atoms with E-state index in [-0.39, 0.29) is 21.7 Å². The molecule has 0 bridgehead atoms. The summed E-state index contributed by atoms with van der Waals surface area (Å²) < 4.78 is 32.4. The van der Waals surface area contributed by atoms with Gasteiger partial charge in [0.2, 0.25) is 0 Å². The van der Waals surface area contributed by atoms with Gasteiger partial charge in [-0.25, -0.2) is 13.2 Å². The first-order valence-electron chi connectivity index (χ1n) is 8.57. The minimum absolute atomic E-state index is 0.0599. The fourth-order valence-electron chi connectivity index (χ4n) is 2.60. The van der Waals surface area contributed by atoms with Crippen molar-refractivity contribution in [2.75, 3.05) is 17.1 Å². The Morgan fingerprint density at radius 2 is 1.55 bits per heavy atom. The third-order valence-electron chi connectivity index (χ3n) is 4.01. The highest BCUT2D eigenvalue weighted by molar-refractivity contribution is 7.92. The van der Waals surface area contributed by atoms with Gasteiger partial charge in [0.15, 0.2) is 0 Å². The van der Waals surface area contributed by atoms with Gasteiger partial charge in [-0.05, 0) is 42.5 Å². The molecule has 8 heteroatoms. The Hall–Kier alpha value is -3.65. The second-order valence-corrected chi connectivity index (χ2v) is 7.67. The van der Waals surface area contributed by atoms with Crippen molar-refractivity contribution in [3.8, 4) is 0 Å². The lowest BCUT2D eigenvalue weighted by atomic mass is 10.1. The highest BCUT2D eigenvalue weighted by Crippen LogP contribution is 2.20. The van der Waals surface area contributed by atoms with Gasteiger partial charge in [-0.15, -0.1) is 0 Å². The molecule has 0 heterocycles. The SMILES string of the molecule is COC(=O)c1ccccc1NC(=O)c1cccc(S(=O)(=O)Nc2ccccc2)c1. The molecule has 7 nitrogen and oxygen atoms in total. The minimum Gasteiger partial charge on any atom is -0.465 e. The fourth-order valence-corrected chi connectivity index (χ4v) is 3.70. The van der Waals surface area contributed by atoms with Crippen molar-refractivity contribution >= 4 is 33.3 Å². The number of nitrogens with one attached hydrogen (secondary N) is 2. The lowest BCUT2D eigenvalue weighted by Crippen LogP contribution is -2.17. The number of hydrogen-bond acceptors (Lipinski definition) is 5. The molecule has 0 radical (unpaired) electrons. The van der Waals surface area contributed by atoms with Crippen LogP contribution in [0.5, 0.6) is 0 Å². The maximum atomic E-state index is 12.6. The van der Waals surface area contributed by atoms with Gasteiger partial charge in [0.05, 0.1) is 23.3 Å². The molecule has 148 valence electrons. The highest BCUT2D eigenvalue weighted by atomic mass is 32.2. The Bertz CT molecular complexity index is 1140. The van der Waals surface area contributed by atoms with Crippen molar-refractivity contribution in [2.45, 2.75) is 4.90 Å². The average Bonchev–Trinajstić information content (AvgIpc) is 2.74. The largest absolute Gasteiger partial charge is 0.465 e. The van der Waals surface area contributed by atoms with Crippen molar-refractivity contribution in [1.82, 2.24) is 0 Å². The lowest BCUT2D eigenvalue weighted by Gasteiger charge is -2.11. The molecule has 0 aliphatic heterocycles. The van der Waals surface area contributed by atoms with E-state index in [4.69, 9.17) is 4.74 Å². The van der Waals surface area contributed by atoms with E-state index in [0.717, 1.165) is 0 Å². The van der Waals surface area contributed by atoms with Gasteiger partial charge in [-0.2, -0.15) is 0 Å². The molecule has 0 aliphatic carbocycles. The summed E-state index contributed by atoms with van der Waals surface area (Å²) in [6, 6.07) is 20.4. The number of anilines is 2. The number of benzene rings is 3. The first-order valence-corrected chi connectivity index (χ1v) is 10.1. The molecule has 3 aromatic rings. The van der Waals surface area contributed by atoms with Crippen molar-refractivity contribution in [3.63, 3.8) is 0 Å². The molecule has 2 N–H and O–H groups in total. The Labute approximate surface area is 168 Å². The van der Waals surface area contributed by atoms with Crippen LogP contribution in [0.25, 0.3) is 0 Å². The second kappa shape index (κ2) is 8.57. The molecule has 3 aromatic carbocycles. The maximum Gasteiger partial charge on any atom is 0.339 e. The van der Waals surface area contributed by atoms with Crippen LogP contribution in [0.3, 0.4) is 0 Å². The van der Waals surface area contributed by atoms with Crippen LogP contribution in [0.1, 0.15) is 20.7 Å². The second-order valence-electron chi connectivity index (χ2n) is 5.99. The number of para-hydroxylation sites is 2. The van der Waals surface area contributed by atoms with Crippen molar-refractivity contribution in [2.24, 2.45) is 0 Å². The number of methoxy groups -OCH3 is 1. The number of ether oxygens (including phenoxy) is 1. The number of amides is 1. The van der Waals surface area contributed by atoms with E-state index in [1.807, 2.05) is 0 Å². The first kappa shape index (κ1) is 20.1. The molecule has 0 aromatic heterocycles. The molecular formula is C21H18N2O5S. The topological polar surface area (TPSA) is 102 Å². The zero-order valence-electron chi connectivity index (χ0n) is 15.5. The summed E-state index contributed by atoms with van der Waals surface area (Å²) in [5, 5.41) is 2.62. The number of sulfonamides is 1. The Morgan fingerprint density at radius 1 is 0.862 bits per heavy atom. The predicted molar refractivity (Wildman–Crippen MR) is 109 cm³/mol. The smallest absolute Gasteiger partial charge is 0.339 e. The third-order valence-corrected chi connectivity index (χ3v) is 5.39. The quantitative estimate of drug-likeness (QED) is 0.606. The summed E-state index contributed by atoms with van der Waals surface area (Å²) in [5.74, 6) is -1.15. The summed E-state index contributed by atoms with van der Waals surface area (Å²) in [7, 11) is -2.63. The number of rotatable bonds is 6. The summed E-state index contributed by atoms with van der Waals surface area (Å²) >= 11 is 0. The zero-order chi connectivity index (χ0) is 20.9. The summed E-state index contributed by atoms with van der Waals surface area (Å²) in [6.45, 7) is 0. The average molecular weight is 410 g/mol. The van der Waals surface area contributed by atoms with Crippen LogP contribution in [0, 0.1) is 0 Å². The maximum absolute atomic E-state index is 12.6. The van der Waals surface area contributed by atoms with Crippen LogP contribution < -0.4 is 10.0 Å². The molecule has 0 aliphatic rings. The molecule has 0 fully saturated rings. The standard InChI is InChI=1S/C21H18N2O5S/c1-28-21(25)18-12-5-6-13-19(18)22-20(24)15-8-7-11-17(14-15)29(26,27)23-16-9-3-2-4-10-16/h2-14,23H,1H3,(H,22,24). The Morgan fingerprint density at radius 3 is 2.28 bits per heavy atom. The molecule has 0 saturated carbocycles. The van der Waals surface area contributed by atoms with Crippen LogP contribution in [-0.2, 0) is 14.8 Å². The van der Waals surface area contributed by atoms with E-state index in [1.54, 1.807) is 48.5 Å². The van der Waals surface area contributed by atoms with Gasteiger partial charge < -0.3 is 10.1 Å². The Balaban J connectivity index is 1.85. The van der Waals surface area contributed by atoms with Crippen molar-refractivity contribution < 1.29 is 22.7 Å². The molecule has 3 rings (SSSR count). The van der Waals surface area contributed by atoms with E-state index in [1.165, 1.54) is 37.4 Å². The van der Waals surface area contributed by atoms with E-state index in [0.29, 0.717) is 5.69 Å². The predicted octanol–water partition coefficient (Wildman–Crippen LogP) is 3.53. The van der Waals surface area contributed by atoms with Crippen molar-refractivity contribution in [3.05, 3.63) is 90.0 Å². The number of carbonyl (C=O) groups is 2. The lowest BCUT2D eigenvalue weighted by molar-refractivity contribution is 0.0602. The molecular weight excluding hydrogens is 392 g/mol. The van der Waals surface area contributed by atoms with E-state index >= 15 is 0 Å².